The van der Waals surface area contributed by atoms with E-state index in [1.54, 1.807) is 9.58 Å². The summed E-state index contributed by atoms with van der Waals surface area (Å²) in [6.07, 6.45) is 3.24. The number of hydrogen-bond donors (Lipinski definition) is 2. The number of carbonyl (C=O) groups is 3. The summed E-state index contributed by atoms with van der Waals surface area (Å²) in [6.45, 7) is 0.830. The lowest BCUT2D eigenvalue weighted by Gasteiger charge is -2.33. The minimum absolute atomic E-state index is 0.0385. The SMILES string of the molecule is COC(=O)CC1C(=O)NCCN1CC(=O)Nc1cc(-c2ccc3c(c2)CCC3)nn1-c1ccccc1. The van der Waals surface area contributed by atoms with Crippen LogP contribution in [0.5, 0.6) is 0 Å². The highest BCUT2D eigenvalue weighted by Gasteiger charge is 2.33. The summed E-state index contributed by atoms with van der Waals surface area (Å²) in [5.74, 6) is -0.541. The number of aryl methyl sites for hydroxylation is 2. The van der Waals surface area contributed by atoms with E-state index in [4.69, 9.17) is 9.84 Å². The molecule has 1 saturated heterocycles. The molecule has 1 aliphatic carbocycles. The molecule has 1 unspecified atom stereocenters. The number of benzene rings is 2. The molecular formula is C27H29N5O4. The molecule has 1 atom stereocenters. The second-order valence-electron chi connectivity index (χ2n) is 9.10. The van der Waals surface area contributed by atoms with Crippen LogP contribution in [-0.4, -0.2) is 65.2 Å². The van der Waals surface area contributed by atoms with Crippen molar-refractivity contribution in [2.75, 3.05) is 32.1 Å². The summed E-state index contributed by atoms with van der Waals surface area (Å²) in [7, 11) is 1.28. The number of anilines is 1. The molecular weight excluding hydrogens is 458 g/mol. The Morgan fingerprint density at radius 2 is 1.92 bits per heavy atom. The van der Waals surface area contributed by atoms with Crippen LogP contribution in [0.3, 0.4) is 0 Å². The Kier molecular flexibility index (Phi) is 6.81. The van der Waals surface area contributed by atoms with E-state index in [0.29, 0.717) is 18.9 Å². The van der Waals surface area contributed by atoms with Crippen molar-refractivity contribution in [1.82, 2.24) is 20.0 Å². The molecule has 36 heavy (non-hydrogen) atoms. The highest BCUT2D eigenvalue weighted by atomic mass is 16.5. The van der Waals surface area contributed by atoms with Crippen LogP contribution in [0.15, 0.2) is 54.6 Å². The molecule has 0 radical (unpaired) electrons. The number of ether oxygens (including phenoxy) is 1. The molecule has 2 aromatic carbocycles. The molecule has 5 rings (SSSR count). The lowest BCUT2D eigenvalue weighted by molar-refractivity contribution is -0.146. The van der Waals surface area contributed by atoms with Crippen LogP contribution < -0.4 is 10.6 Å². The molecule has 1 aromatic heterocycles. The van der Waals surface area contributed by atoms with E-state index < -0.39 is 12.0 Å². The highest BCUT2D eigenvalue weighted by Crippen LogP contribution is 2.30. The third-order valence-electron chi connectivity index (χ3n) is 6.75. The largest absolute Gasteiger partial charge is 0.469 e. The first-order valence-corrected chi connectivity index (χ1v) is 12.2. The quantitative estimate of drug-likeness (QED) is 0.496. The summed E-state index contributed by atoms with van der Waals surface area (Å²) in [4.78, 5) is 39.0. The van der Waals surface area contributed by atoms with Crippen molar-refractivity contribution >= 4 is 23.6 Å². The van der Waals surface area contributed by atoms with E-state index in [2.05, 4.69) is 28.8 Å². The van der Waals surface area contributed by atoms with E-state index in [0.717, 1.165) is 29.8 Å². The van der Waals surface area contributed by atoms with Gasteiger partial charge in [-0.25, -0.2) is 4.68 Å². The number of piperazine rings is 1. The van der Waals surface area contributed by atoms with E-state index in [-0.39, 0.29) is 24.8 Å². The molecule has 3 aromatic rings. The molecule has 1 aliphatic heterocycles. The molecule has 1 fully saturated rings. The van der Waals surface area contributed by atoms with Crippen molar-refractivity contribution in [2.45, 2.75) is 31.7 Å². The average molecular weight is 488 g/mol. The molecule has 0 saturated carbocycles. The lowest BCUT2D eigenvalue weighted by atomic mass is 10.0. The summed E-state index contributed by atoms with van der Waals surface area (Å²) in [6, 6.07) is 17.2. The minimum Gasteiger partial charge on any atom is -0.469 e. The van der Waals surface area contributed by atoms with Crippen LogP contribution in [0.4, 0.5) is 5.82 Å². The van der Waals surface area contributed by atoms with E-state index in [1.807, 2.05) is 36.4 Å². The Labute approximate surface area is 209 Å². The van der Waals surface area contributed by atoms with Crippen LogP contribution in [0.25, 0.3) is 16.9 Å². The summed E-state index contributed by atoms with van der Waals surface area (Å²) in [5, 5.41) is 10.5. The van der Waals surface area contributed by atoms with Crippen LogP contribution in [0, 0.1) is 0 Å². The zero-order valence-electron chi connectivity index (χ0n) is 20.2. The predicted molar refractivity (Wildman–Crippen MR) is 135 cm³/mol. The standard InChI is InChI=1S/C27H29N5O4/c1-36-26(34)16-23-27(35)28-12-13-31(23)17-25(33)29-24-15-22(30-32(24)21-8-3-2-4-9-21)20-11-10-18-6-5-7-19(18)14-20/h2-4,8-11,14-15,23H,5-7,12-13,16-17H2,1H3,(H,28,35)(H,29,33). The molecule has 186 valence electrons. The fourth-order valence-electron chi connectivity index (χ4n) is 4.89. The number of nitrogens with one attached hydrogen (secondary N) is 2. The van der Waals surface area contributed by atoms with E-state index in [1.165, 1.54) is 24.7 Å². The number of esters is 1. The third-order valence-corrected chi connectivity index (χ3v) is 6.75. The van der Waals surface area contributed by atoms with E-state index >= 15 is 0 Å². The van der Waals surface area contributed by atoms with Gasteiger partial charge in [0.15, 0.2) is 0 Å². The van der Waals surface area contributed by atoms with Crippen molar-refractivity contribution in [3.05, 3.63) is 65.7 Å². The van der Waals surface area contributed by atoms with Gasteiger partial charge in [-0.3, -0.25) is 19.3 Å². The van der Waals surface area contributed by atoms with Gasteiger partial charge in [0.05, 0.1) is 31.5 Å². The van der Waals surface area contributed by atoms with Gasteiger partial charge in [0.2, 0.25) is 11.8 Å². The molecule has 9 heteroatoms. The molecule has 2 N–H and O–H groups in total. The van der Waals surface area contributed by atoms with Gasteiger partial charge in [0.1, 0.15) is 11.9 Å². The fourth-order valence-corrected chi connectivity index (χ4v) is 4.89. The van der Waals surface area contributed by atoms with Crippen molar-refractivity contribution in [3.63, 3.8) is 0 Å². The number of para-hydroxylation sites is 1. The van der Waals surface area contributed by atoms with Gasteiger partial charge >= 0.3 is 5.97 Å². The number of aromatic nitrogens is 2. The van der Waals surface area contributed by atoms with Crippen molar-refractivity contribution in [2.24, 2.45) is 0 Å². The first-order valence-electron chi connectivity index (χ1n) is 12.2. The second kappa shape index (κ2) is 10.3. The maximum Gasteiger partial charge on any atom is 0.307 e. The number of nitrogens with zero attached hydrogens (tertiary/aromatic N) is 3. The van der Waals surface area contributed by atoms with Crippen molar-refractivity contribution < 1.29 is 19.1 Å². The van der Waals surface area contributed by atoms with Gasteiger partial charge in [-0.05, 0) is 48.6 Å². The predicted octanol–water partition coefficient (Wildman–Crippen LogP) is 2.33. The van der Waals surface area contributed by atoms with Gasteiger partial charge in [-0.2, -0.15) is 5.10 Å². The third kappa shape index (κ3) is 5.01. The van der Waals surface area contributed by atoms with Gasteiger partial charge < -0.3 is 15.4 Å². The van der Waals surface area contributed by atoms with Crippen LogP contribution in [0.1, 0.15) is 24.0 Å². The van der Waals surface area contributed by atoms with Gasteiger partial charge in [-0.1, -0.05) is 30.3 Å². The Morgan fingerprint density at radius 1 is 1.11 bits per heavy atom. The van der Waals surface area contributed by atoms with Gasteiger partial charge in [0.25, 0.3) is 0 Å². The highest BCUT2D eigenvalue weighted by molar-refractivity contribution is 5.94. The smallest absolute Gasteiger partial charge is 0.307 e. The zero-order valence-corrected chi connectivity index (χ0v) is 20.2. The first-order chi connectivity index (χ1) is 17.5. The number of fused-ring (bicyclic) bond motifs is 1. The number of methoxy groups -OCH3 is 1. The Morgan fingerprint density at radius 3 is 2.72 bits per heavy atom. The molecule has 9 nitrogen and oxygen atoms in total. The average Bonchev–Trinajstić information content (AvgIpc) is 3.53. The zero-order chi connectivity index (χ0) is 25.1. The Balaban J connectivity index is 1.39. The van der Waals surface area contributed by atoms with Gasteiger partial charge in [-0.15, -0.1) is 0 Å². The topological polar surface area (TPSA) is 106 Å². The number of rotatable bonds is 7. The van der Waals surface area contributed by atoms with Crippen molar-refractivity contribution in [1.29, 1.82) is 0 Å². The summed E-state index contributed by atoms with van der Waals surface area (Å²) >= 11 is 0. The molecule has 2 aliphatic rings. The number of carbonyl (C=O) groups excluding carboxylic acids is 3. The summed E-state index contributed by atoms with van der Waals surface area (Å²) < 4.78 is 6.45. The lowest BCUT2D eigenvalue weighted by Crippen LogP contribution is -2.57. The normalized spacial score (nSPS) is 17.4. The summed E-state index contributed by atoms with van der Waals surface area (Å²) in [5.41, 5.74) is 5.34. The molecule has 2 heterocycles. The van der Waals surface area contributed by atoms with Crippen molar-refractivity contribution in [3.8, 4) is 16.9 Å². The molecule has 0 bridgehead atoms. The Bertz CT molecular complexity index is 1290. The maximum atomic E-state index is 13.1. The van der Waals surface area contributed by atoms with Crippen LogP contribution in [0.2, 0.25) is 0 Å². The molecule has 2 amide bonds. The van der Waals surface area contributed by atoms with E-state index in [9.17, 15) is 14.4 Å². The fraction of sp³-hybridized carbons (Fsp3) is 0.333. The van der Waals surface area contributed by atoms with Gasteiger partial charge in [0, 0.05) is 24.7 Å². The second-order valence-corrected chi connectivity index (χ2v) is 9.10. The minimum atomic E-state index is -0.752. The Hall–Kier alpha value is -3.98. The monoisotopic (exact) mass is 487 g/mol. The maximum absolute atomic E-state index is 13.1. The van der Waals surface area contributed by atoms with Crippen LogP contribution >= 0.6 is 0 Å². The van der Waals surface area contributed by atoms with Crippen LogP contribution in [-0.2, 0) is 32.0 Å². The number of hydrogen-bond acceptors (Lipinski definition) is 6. The molecule has 0 spiro atoms. The first kappa shape index (κ1) is 23.7. The number of amides is 2.